The number of aromatic nitrogens is 4. The molecule has 2 fully saturated rings. The van der Waals surface area contributed by atoms with Crippen molar-refractivity contribution in [2.24, 2.45) is 0 Å². The molecule has 1 N–H and O–H groups in total. The molecule has 2 aliphatic rings. The van der Waals surface area contributed by atoms with Crippen LogP contribution >= 0.6 is 0 Å². The third-order valence-electron chi connectivity index (χ3n) is 6.74. The molecule has 0 radical (unpaired) electrons. The Bertz CT molecular complexity index is 1400. The zero-order chi connectivity index (χ0) is 21.2. The van der Waals surface area contributed by atoms with Gasteiger partial charge in [0.05, 0.1) is 22.9 Å². The van der Waals surface area contributed by atoms with Crippen molar-refractivity contribution < 1.29 is 9.84 Å². The number of aromatic amines is 1. The van der Waals surface area contributed by atoms with Gasteiger partial charge in [0.1, 0.15) is 11.2 Å². The van der Waals surface area contributed by atoms with Crippen molar-refractivity contribution in [3.8, 4) is 0 Å². The van der Waals surface area contributed by atoms with Gasteiger partial charge in [-0.25, -0.2) is 18.4 Å². The first-order valence-electron chi connectivity index (χ1n) is 10.9. The number of hydrogen-bond donors (Lipinski definition) is 1. The smallest absolute Gasteiger partial charge is 0.243 e. The number of rotatable bonds is 4. The Balaban J connectivity index is 0.00000216. The number of hydrogen-bond acceptors (Lipinski definition) is 4. The van der Waals surface area contributed by atoms with Crippen molar-refractivity contribution >= 4 is 32.1 Å². The predicted molar refractivity (Wildman–Crippen MR) is 122 cm³/mol. The van der Waals surface area contributed by atoms with Crippen LogP contribution in [0.25, 0.3) is 22.1 Å². The summed E-state index contributed by atoms with van der Waals surface area (Å²) in [5.74, 6) is 0.400. The molecule has 0 spiro atoms. The average molecular weight is 438 g/mol. The van der Waals surface area contributed by atoms with E-state index in [4.69, 9.17) is 0 Å². The van der Waals surface area contributed by atoms with Crippen molar-refractivity contribution in [3.05, 3.63) is 54.1 Å². The van der Waals surface area contributed by atoms with Gasteiger partial charge in [-0.05, 0) is 56.2 Å². The standard InChI is InChI=1S/C23H25N5O2S.H2/c1-15-2-5-21(19(12-15)16-3-4-16)31(29,30)27-10-7-17(8-11-27)28-14-26-20-13-25-23-18(22(20)28)6-9-24-23;/h2,5-6,9,12-14,16-17H,3-4,7-8,10-11H2,1H3,(H,24,25);1H. The molecular formula is C23H27N5O2S. The van der Waals surface area contributed by atoms with Crippen LogP contribution in [0.3, 0.4) is 0 Å². The van der Waals surface area contributed by atoms with Gasteiger partial charge in [-0.1, -0.05) is 17.7 Å². The Hall–Kier alpha value is -2.71. The van der Waals surface area contributed by atoms with E-state index in [1.807, 2.05) is 37.6 Å². The maximum Gasteiger partial charge on any atom is 0.243 e. The molecule has 0 amide bonds. The first-order chi connectivity index (χ1) is 15.0. The summed E-state index contributed by atoms with van der Waals surface area (Å²) in [7, 11) is -3.48. The van der Waals surface area contributed by atoms with Crippen molar-refractivity contribution in [1.29, 1.82) is 0 Å². The van der Waals surface area contributed by atoms with Crippen molar-refractivity contribution in [3.63, 3.8) is 0 Å². The molecule has 1 aliphatic carbocycles. The quantitative estimate of drug-likeness (QED) is 0.514. The van der Waals surface area contributed by atoms with Crippen LogP contribution in [0.4, 0.5) is 0 Å². The van der Waals surface area contributed by atoms with Gasteiger partial charge in [0.15, 0.2) is 0 Å². The maximum absolute atomic E-state index is 13.5. The van der Waals surface area contributed by atoms with Gasteiger partial charge in [-0.3, -0.25) is 0 Å². The molecule has 8 heteroatoms. The lowest BCUT2D eigenvalue weighted by atomic mass is 10.1. The minimum Gasteiger partial charge on any atom is -0.346 e. The van der Waals surface area contributed by atoms with E-state index in [1.165, 1.54) is 0 Å². The lowest BCUT2D eigenvalue weighted by Gasteiger charge is -2.32. The van der Waals surface area contributed by atoms with Crippen LogP contribution in [0.2, 0.25) is 0 Å². The van der Waals surface area contributed by atoms with Gasteiger partial charge >= 0.3 is 0 Å². The molecule has 1 saturated carbocycles. The van der Waals surface area contributed by atoms with Crippen LogP contribution in [-0.2, 0) is 10.0 Å². The largest absolute Gasteiger partial charge is 0.346 e. The van der Waals surface area contributed by atoms with Gasteiger partial charge < -0.3 is 9.55 Å². The number of nitrogens with one attached hydrogen (secondary N) is 1. The molecule has 0 unspecified atom stereocenters. The molecule has 4 heterocycles. The Morgan fingerprint density at radius 1 is 1.10 bits per heavy atom. The molecule has 0 bridgehead atoms. The SMILES string of the molecule is Cc1ccc(S(=O)(=O)N2CCC(n3cnc4cnc5[nH]ccc5c43)CC2)c(C2CC2)c1.[HH]. The van der Waals surface area contributed by atoms with Crippen LogP contribution < -0.4 is 0 Å². The summed E-state index contributed by atoms with van der Waals surface area (Å²) in [5, 5.41) is 1.05. The molecule has 7 nitrogen and oxygen atoms in total. The van der Waals surface area contributed by atoms with Crippen LogP contribution in [-0.4, -0.2) is 45.3 Å². The van der Waals surface area contributed by atoms with E-state index in [0.29, 0.717) is 23.9 Å². The Labute approximate surface area is 182 Å². The molecule has 4 aromatic rings. The predicted octanol–water partition coefficient (Wildman–Crippen LogP) is 4.37. The van der Waals surface area contributed by atoms with Gasteiger partial charge in [0.2, 0.25) is 10.0 Å². The number of benzene rings is 1. The summed E-state index contributed by atoms with van der Waals surface area (Å²) < 4.78 is 30.9. The molecule has 6 rings (SSSR count). The molecule has 31 heavy (non-hydrogen) atoms. The van der Waals surface area contributed by atoms with Crippen molar-refractivity contribution in [2.75, 3.05) is 13.1 Å². The molecule has 3 aromatic heterocycles. The zero-order valence-electron chi connectivity index (χ0n) is 17.5. The van der Waals surface area contributed by atoms with Crippen molar-refractivity contribution in [1.82, 2.24) is 23.8 Å². The van der Waals surface area contributed by atoms with E-state index in [9.17, 15) is 8.42 Å². The summed E-state index contributed by atoms with van der Waals surface area (Å²) in [5.41, 5.74) is 4.92. The lowest BCUT2D eigenvalue weighted by molar-refractivity contribution is 0.277. The number of nitrogens with zero attached hydrogens (tertiary/aromatic N) is 4. The minimum absolute atomic E-state index is 0. The second-order valence-corrected chi connectivity index (χ2v) is 10.7. The number of H-pyrrole nitrogens is 1. The van der Waals surface area contributed by atoms with E-state index in [0.717, 1.165) is 58.9 Å². The topological polar surface area (TPSA) is 83.9 Å². The lowest BCUT2D eigenvalue weighted by Crippen LogP contribution is -2.39. The highest BCUT2D eigenvalue weighted by Crippen LogP contribution is 2.44. The molecule has 0 atom stereocenters. The summed E-state index contributed by atoms with van der Waals surface area (Å²) in [4.78, 5) is 12.6. The highest BCUT2D eigenvalue weighted by atomic mass is 32.2. The molecule has 162 valence electrons. The second-order valence-electron chi connectivity index (χ2n) is 8.83. The van der Waals surface area contributed by atoms with Crippen LogP contribution in [0.5, 0.6) is 0 Å². The maximum atomic E-state index is 13.5. The number of piperidine rings is 1. The third-order valence-corrected chi connectivity index (χ3v) is 8.71. The fourth-order valence-corrected chi connectivity index (χ4v) is 6.66. The number of pyridine rings is 1. The number of imidazole rings is 1. The number of aryl methyl sites for hydroxylation is 1. The van der Waals surface area contributed by atoms with Crippen LogP contribution in [0, 0.1) is 6.92 Å². The number of sulfonamides is 1. The highest BCUT2D eigenvalue weighted by Gasteiger charge is 2.35. The first-order valence-corrected chi connectivity index (χ1v) is 12.4. The van der Waals surface area contributed by atoms with E-state index < -0.39 is 10.0 Å². The van der Waals surface area contributed by atoms with Crippen LogP contribution in [0.15, 0.2) is 47.9 Å². The van der Waals surface area contributed by atoms with Gasteiger partial charge in [-0.2, -0.15) is 4.31 Å². The third kappa shape index (κ3) is 3.08. The normalized spacial score (nSPS) is 18.9. The van der Waals surface area contributed by atoms with Crippen LogP contribution in [0.1, 0.15) is 50.2 Å². The summed E-state index contributed by atoms with van der Waals surface area (Å²) in [6.45, 7) is 3.07. The fraction of sp³-hybridized carbons (Fsp3) is 0.391. The van der Waals surface area contributed by atoms with E-state index in [1.54, 1.807) is 10.5 Å². The second kappa shape index (κ2) is 6.90. The molecule has 1 aromatic carbocycles. The summed E-state index contributed by atoms with van der Waals surface area (Å²) in [6, 6.07) is 8.03. The minimum atomic E-state index is -3.48. The number of fused-ring (bicyclic) bond motifs is 3. The fourth-order valence-electron chi connectivity index (χ4n) is 4.92. The molecular weight excluding hydrogens is 410 g/mol. The van der Waals surface area contributed by atoms with Gasteiger partial charge in [0.25, 0.3) is 0 Å². The van der Waals surface area contributed by atoms with Crippen molar-refractivity contribution in [2.45, 2.75) is 49.5 Å². The Morgan fingerprint density at radius 3 is 2.68 bits per heavy atom. The molecule has 1 saturated heterocycles. The molecule has 1 aliphatic heterocycles. The first kappa shape index (κ1) is 19.0. The van der Waals surface area contributed by atoms with E-state index >= 15 is 0 Å². The summed E-state index contributed by atoms with van der Waals surface area (Å²) >= 11 is 0. The zero-order valence-corrected chi connectivity index (χ0v) is 18.3. The average Bonchev–Trinajstić information content (AvgIpc) is 3.35. The van der Waals surface area contributed by atoms with Gasteiger partial charge in [-0.15, -0.1) is 0 Å². The van der Waals surface area contributed by atoms with E-state index in [-0.39, 0.29) is 7.47 Å². The highest BCUT2D eigenvalue weighted by molar-refractivity contribution is 7.89. The Kier molecular flexibility index (Phi) is 4.23. The monoisotopic (exact) mass is 437 g/mol. The summed E-state index contributed by atoms with van der Waals surface area (Å²) in [6.07, 6.45) is 9.27. The Morgan fingerprint density at radius 2 is 1.90 bits per heavy atom. The van der Waals surface area contributed by atoms with E-state index in [2.05, 4.69) is 25.6 Å². The van der Waals surface area contributed by atoms with Gasteiger partial charge in [0, 0.05) is 32.1 Å².